The molecule has 0 unspecified atom stereocenters. The SMILES string of the molecule is Fc1ccc(CN2CCC[C@@H](NCc3ncc[nH]3)C2)c(Cl)c1. The Balaban J connectivity index is 1.53. The zero-order chi connectivity index (χ0) is 15.4. The minimum Gasteiger partial charge on any atom is -0.348 e. The number of halogens is 2. The van der Waals surface area contributed by atoms with E-state index in [4.69, 9.17) is 11.6 Å². The molecule has 6 heteroatoms. The van der Waals surface area contributed by atoms with Gasteiger partial charge in [-0.15, -0.1) is 0 Å². The monoisotopic (exact) mass is 322 g/mol. The maximum Gasteiger partial charge on any atom is 0.124 e. The molecule has 1 atom stereocenters. The van der Waals surface area contributed by atoms with Gasteiger partial charge in [0.15, 0.2) is 0 Å². The Hall–Kier alpha value is -1.43. The van der Waals surface area contributed by atoms with Crippen molar-refractivity contribution in [3.05, 3.63) is 52.8 Å². The fourth-order valence-electron chi connectivity index (χ4n) is 2.89. The standard InChI is InChI=1S/C16H20ClFN4/c17-15-8-13(18)4-3-12(15)10-22-7-1-2-14(11-22)21-9-16-19-5-6-20-16/h3-6,8,14,21H,1-2,7,9-11H2,(H,19,20)/t14-/m1/s1. The summed E-state index contributed by atoms with van der Waals surface area (Å²) in [6.07, 6.45) is 5.91. The van der Waals surface area contributed by atoms with E-state index in [0.29, 0.717) is 11.1 Å². The summed E-state index contributed by atoms with van der Waals surface area (Å²) in [6, 6.07) is 5.07. The minimum absolute atomic E-state index is 0.287. The van der Waals surface area contributed by atoms with Crippen molar-refractivity contribution >= 4 is 11.6 Å². The number of aromatic amines is 1. The lowest BCUT2D eigenvalue weighted by atomic mass is 10.0. The molecule has 2 N–H and O–H groups in total. The van der Waals surface area contributed by atoms with Gasteiger partial charge in [0.1, 0.15) is 11.6 Å². The molecule has 0 spiro atoms. The highest BCUT2D eigenvalue weighted by Crippen LogP contribution is 2.21. The Kier molecular flexibility index (Phi) is 5.08. The predicted octanol–water partition coefficient (Wildman–Crippen LogP) is 2.96. The van der Waals surface area contributed by atoms with Crippen molar-refractivity contribution in [2.75, 3.05) is 13.1 Å². The number of rotatable bonds is 5. The summed E-state index contributed by atoms with van der Waals surface area (Å²) in [5.41, 5.74) is 0.981. The van der Waals surface area contributed by atoms with E-state index in [0.717, 1.165) is 50.4 Å². The Bertz CT molecular complexity index is 602. The van der Waals surface area contributed by atoms with Gasteiger partial charge in [-0.3, -0.25) is 4.90 Å². The molecule has 0 amide bonds. The number of imidazole rings is 1. The van der Waals surface area contributed by atoms with Gasteiger partial charge in [0.05, 0.1) is 6.54 Å². The van der Waals surface area contributed by atoms with Crippen molar-refractivity contribution < 1.29 is 4.39 Å². The second kappa shape index (κ2) is 7.22. The van der Waals surface area contributed by atoms with Crippen LogP contribution in [0.4, 0.5) is 4.39 Å². The number of likely N-dealkylation sites (tertiary alicyclic amines) is 1. The lowest BCUT2D eigenvalue weighted by Gasteiger charge is -2.33. The fourth-order valence-corrected chi connectivity index (χ4v) is 3.12. The molecule has 118 valence electrons. The van der Waals surface area contributed by atoms with Gasteiger partial charge in [0.2, 0.25) is 0 Å². The van der Waals surface area contributed by atoms with Crippen LogP contribution in [0.5, 0.6) is 0 Å². The molecule has 1 aromatic carbocycles. The number of aromatic nitrogens is 2. The molecule has 2 heterocycles. The molecule has 1 aliphatic rings. The summed E-state index contributed by atoms with van der Waals surface area (Å²) >= 11 is 6.12. The molecule has 1 fully saturated rings. The summed E-state index contributed by atoms with van der Waals surface area (Å²) in [6.45, 7) is 3.53. The summed E-state index contributed by atoms with van der Waals surface area (Å²) in [5, 5.41) is 4.04. The number of hydrogen-bond acceptors (Lipinski definition) is 3. The highest BCUT2D eigenvalue weighted by Gasteiger charge is 2.20. The van der Waals surface area contributed by atoms with Crippen LogP contribution >= 0.6 is 11.6 Å². The quantitative estimate of drug-likeness (QED) is 0.889. The normalized spacial score (nSPS) is 19.5. The molecule has 1 saturated heterocycles. The van der Waals surface area contributed by atoms with E-state index < -0.39 is 0 Å². The lowest BCUT2D eigenvalue weighted by Crippen LogP contribution is -2.45. The van der Waals surface area contributed by atoms with Gasteiger partial charge in [-0.05, 0) is 37.1 Å². The Morgan fingerprint density at radius 3 is 3.14 bits per heavy atom. The second-order valence-corrected chi connectivity index (χ2v) is 6.13. The summed E-state index contributed by atoms with van der Waals surface area (Å²) < 4.78 is 13.1. The van der Waals surface area contributed by atoms with Gasteiger partial charge in [0, 0.05) is 36.5 Å². The van der Waals surface area contributed by atoms with E-state index in [2.05, 4.69) is 20.2 Å². The van der Waals surface area contributed by atoms with E-state index in [1.54, 1.807) is 12.3 Å². The summed E-state index contributed by atoms with van der Waals surface area (Å²) in [5.74, 6) is 0.670. The first-order valence-electron chi connectivity index (χ1n) is 7.58. The van der Waals surface area contributed by atoms with Crippen molar-refractivity contribution in [2.24, 2.45) is 0 Å². The number of benzene rings is 1. The largest absolute Gasteiger partial charge is 0.348 e. The number of piperidine rings is 1. The topological polar surface area (TPSA) is 44.0 Å². The van der Waals surface area contributed by atoms with Gasteiger partial charge in [-0.25, -0.2) is 9.37 Å². The van der Waals surface area contributed by atoms with E-state index in [9.17, 15) is 4.39 Å². The summed E-state index contributed by atoms with van der Waals surface area (Å²) in [7, 11) is 0. The number of nitrogens with zero attached hydrogens (tertiary/aromatic N) is 2. The van der Waals surface area contributed by atoms with Crippen LogP contribution in [0, 0.1) is 5.82 Å². The third-order valence-electron chi connectivity index (χ3n) is 4.03. The summed E-state index contributed by atoms with van der Waals surface area (Å²) in [4.78, 5) is 9.69. The second-order valence-electron chi connectivity index (χ2n) is 5.73. The zero-order valence-electron chi connectivity index (χ0n) is 12.4. The van der Waals surface area contributed by atoms with Crippen LogP contribution in [0.25, 0.3) is 0 Å². The van der Waals surface area contributed by atoms with E-state index in [-0.39, 0.29) is 5.82 Å². The minimum atomic E-state index is -0.287. The van der Waals surface area contributed by atoms with E-state index >= 15 is 0 Å². The van der Waals surface area contributed by atoms with Crippen LogP contribution in [0.2, 0.25) is 5.02 Å². The maximum atomic E-state index is 13.1. The van der Waals surface area contributed by atoms with Gasteiger partial charge >= 0.3 is 0 Å². The Morgan fingerprint density at radius 2 is 2.36 bits per heavy atom. The first-order chi connectivity index (χ1) is 10.7. The van der Waals surface area contributed by atoms with Gasteiger partial charge in [0.25, 0.3) is 0 Å². The van der Waals surface area contributed by atoms with Crippen molar-refractivity contribution in [2.45, 2.75) is 32.0 Å². The molecule has 4 nitrogen and oxygen atoms in total. The molecule has 1 aromatic heterocycles. The first kappa shape index (κ1) is 15.5. The smallest absolute Gasteiger partial charge is 0.124 e. The number of nitrogens with one attached hydrogen (secondary N) is 2. The van der Waals surface area contributed by atoms with Crippen molar-refractivity contribution in [1.29, 1.82) is 0 Å². The maximum absolute atomic E-state index is 13.1. The molecule has 0 aliphatic carbocycles. The first-order valence-corrected chi connectivity index (χ1v) is 7.96. The lowest BCUT2D eigenvalue weighted by molar-refractivity contribution is 0.182. The number of hydrogen-bond donors (Lipinski definition) is 2. The average Bonchev–Trinajstić information content (AvgIpc) is 3.02. The van der Waals surface area contributed by atoms with E-state index in [1.165, 1.54) is 12.1 Å². The van der Waals surface area contributed by atoms with Crippen LogP contribution in [-0.4, -0.2) is 34.0 Å². The molecule has 0 radical (unpaired) electrons. The van der Waals surface area contributed by atoms with Crippen LogP contribution in [0.1, 0.15) is 24.2 Å². The molecule has 0 saturated carbocycles. The molecular weight excluding hydrogens is 303 g/mol. The Morgan fingerprint density at radius 1 is 1.45 bits per heavy atom. The van der Waals surface area contributed by atoms with E-state index in [1.807, 2.05) is 6.20 Å². The third-order valence-corrected chi connectivity index (χ3v) is 4.38. The predicted molar refractivity (Wildman–Crippen MR) is 85.1 cm³/mol. The highest BCUT2D eigenvalue weighted by molar-refractivity contribution is 6.31. The molecule has 3 rings (SSSR count). The highest BCUT2D eigenvalue weighted by atomic mass is 35.5. The van der Waals surface area contributed by atoms with Crippen LogP contribution < -0.4 is 5.32 Å². The van der Waals surface area contributed by atoms with Crippen molar-refractivity contribution in [3.8, 4) is 0 Å². The van der Waals surface area contributed by atoms with Gasteiger partial charge in [-0.1, -0.05) is 17.7 Å². The average molecular weight is 323 g/mol. The number of H-pyrrole nitrogens is 1. The van der Waals surface area contributed by atoms with Crippen LogP contribution in [0.15, 0.2) is 30.6 Å². The van der Waals surface area contributed by atoms with Crippen LogP contribution in [-0.2, 0) is 13.1 Å². The molecule has 22 heavy (non-hydrogen) atoms. The Labute approximate surface area is 134 Å². The third kappa shape index (κ3) is 4.06. The van der Waals surface area contributed by atoms with Gasteiger partial charge in [-0.2, -0.15) is 0 Å². The molecule has 2 aromatic rings. The van der Waals surface area contributed by atoms with Gasteiger partial charge < -0.3 is 10.3 Å². The van der Waals surface area contributed by atoms with Crippen molar-refractivity contribution in [1.82, 2.24) is 20.2 Å². The molecule has 0 bridgehead atoms. The zero-order valence-corrected chi connectivity index (χ0v) is 13.1. The fraction of sp³-hybridized carbons (Fsp3) is 0.438. The van der Waals surface area contributed by atoms with Crippen molar-refractivity contribution in [3.63, 3.8) is 0 Å². The van der Waals surface area contributed by atoms with Crippen LogP contribution in [0.3, 0.4) is 0 Å². The molecule has 1 aliphatic heterocycles. The molecular formula is C16H20ClFN4.